The van der Waals surface area contributed by atoms with E-state index >= 15 is 0 Å². The Morgan fingerprint density at radius 2 is 2.04 bits per heavy atom. The Morgan fingerprint density at radius 1 is 1.39 bits per heavy atom. The summed E-state index contributed by atoms with van der Waals surface area (Å²) in [5.41, 5.74) is 6.16. The van der Waals surface area contributed by atoms with Crippen molar-refractivity contribution in [3.63, 3.8) is 0 Å². The number of hydrogen-bond donors (Lipinski definition) is 3. The van der Waals surface area contributed by atoms with Crippen LogP contribution in [0.25, 0.3) is 0 Å². The summed E-state index contributed by atoms with van der Waals surface area (Å²) in [7, 11) is 0. The lowest BCUT2D eigenvalue weighted by Gasteiger charge is -2.22. The Hall–Kier alpha value is -1.46. The van der Waals surface area contributed by atoms with Crippen LogP contribution in [0.4, 0.5) is 0 Å². The second-order valence-corrected chi connectivity index (χ2v) is 6.82. The van der Waals surface area contributed by atoms with E-state index in [0.29, 0.717) is 23.1 Å². The smallest absolute Gasteiger partial charge is 0.227 e. The van der Waals surface area contributed by atoms with E-state index in [1.54, 1.807) is 12.1 Å². The quantitative estimate of drug-likeness (QED) is 0.539. The number of aliphatic imine (C=N–C) groups is 1. The van der Waals surface area contributed by atoms with Gasteiger partial charge in [0.25, 0.3) is 0 Å². The molecule has 1 aromatic rings. The number of carbonyl (C=O) groups is 1. The second kappa shape index (κ2) is 8.41. The molecule has 1 aromatic carbocycles. The molecule has 128 valence electrons. The fraction of sp³-hybridized carbons (Fsp3) is 0.500. The van der Waals surface area contributed by atoms with Crippen molar-refractivity contribution in [2.24, 2.45) is 16.1 Å². The van der Waals surface area contributed by atoms with Gasteiger partial charge in [0.1, 0.15) is 0 Å². The maximum atomic E-state index is 11.9. The number of rotatable bonds is 6. The van der Waals surface area contributed by atoms with Crippen LogP contribution in [0, 0.1) is 5.41 Å². The Morgan fingerprint density at radius 3 is 2.61 bits per heavy atom. The fourth-order valence-electron chi connectivity index (χ4n) is 1.95. The van der Waals surface area contributed by atoms with E-state index in [1.165, 1.54) is 0 Å². The van der Waals surface area contributed by atoms with Gasteiger partial charge in [-0.2, -0.15) is 0 Å². The number of benzene rings is 1. The molecule has 5 nitrogen and oxygen atoms in total. The van der Waals surface area contributed by atoms with Crippen molar-refractivity contribution >= 4 is 35.1 Å². The van der Waals surface area contributed by atoms with Crippen molar-refractivity contribution in [2.45, 2.75) is 33.7 Å². The van der Waals surface area contributed by atoms with Crippen LogP contribution in [-0.2, 0) is 4.79 Å². The van der Waals surface area contributed by atoms with Crippen LogP contribution in [0.5, 0.6) is 0 Å². The van der Waals surface area contributed by atoms with E-state index in [0.717, 1.165) is 5.56 Å². The molecule has 1 atom stereocenters. The Balaban J connectivity index is 2.71. The number of hydrogen-bond acceptors (Lipinski definition) is 2. The first-order chi connectivity index (χ1) is 10.7. The van der Waals surface area contributed by atoms with Crippen LogP contribution >= 0.6 is 23.2 Å². The van der Waals surface area contributed by atoms with Crippen LogP contribution in [0.2, 0.25) is 10.0 Å². The zero-order valence-corrected chi connectivity index (χ0v) is 15.4. The minimum atomic E-state index is -0.622. The van der Waals surface area contributed by atoms with Crippen molar-refractivity contribution in [2.75, 3.05) is 13.1 Å². The van der Waals surface area contributed by atoms with Crippen molar-refractivity contribution in [3.8, 4) is 0 Å². The summed E-state index contributed by atoms with van der Waals surface area (Å²) in [6, 6.07) is 5.17. The van der Waals surface area contributed by atoms with Crippen LogP contribution in [0.3, 0.4) is 0 Å². The highest BCUT2D eigenvalue weighted by atomic mass is 35.5. The third-order valence-electron chi connectivity index (χ3n) is 3.39. The van der Waals surface area contributed by atoms with Crippen LogP contribution in [0.1, 0.15) is 39.3 Å². The number of nitrogens with two attached hydrogens (primary N) is 1. The summed E-state index contributed by atoms with van der Waals surface area (Å²) in [6.07, 6.45) is 0. The maximum Gasteiger partial charge on any atom is 0.227 e. The molecule has 23 heavy (non-hydrogen) atoms. The summed E-state index contributed by atoms with van der Waals surface area (Å²) in [5.74, 6) is 0.214. The molecule has 0 spiro atoms. The number of nitrogens with zero attached hydrogens (tertiary/aromatic N) is 1. The number of nitrogens with one attached hydrogen (secondary N) is 2. The number of halogens is 2. The lowest BCUT2D eigenvalue weighted by Crippen LogP contribution is -2.40. The largest absolute Gasteiger partial charge is 0.370 e. The molecule has 0 aliphatic heterocycles. The summed E-state index contributed by atoms with van der Waals surface area (Å²) < 4.78 is 0. The van der Waals surface area contributed by atoms with Crippen molar-refractivity contribution in [3.05, 3.63) is 33.8 Å². The molecule has 1 unspecified atom stereocenters. The first-order valence-electron chi connectivity index (χ1n) is 7.47. The van der Waals surface area contributed by atoms with Crippen LogP contribution < -0.4 is 16.4 Å². The van der Waals surface area contributed by atoms with E-state index in [1.807, 2.05) is 33.8 Å². The Labute approximate surface area is 147 Å². The molecular formula is C16H24Cl2N4O. The molecule has 0 heterocycles. The SMILES string of the molecule is CCNC(=O)C(C)(C)CN=C(N)NC(C)c1ccc(Cl)cc1Cl. The summed E-state index contributed by atoms with van der Waals surface area (Å²) >= 11 is 12.1. The highest BCUT2D eigenvalue weighted by molar-refractivity contribution is 6.35. The first-order valence-corrected chi connectivity index (χ1v) is 8.22. The molecule has 7 heteroatoms. The third kappa shape index (κ3) is 5.92. The monoisotopic (exact) mass is 358 g/mol. The van der Waals surface area contributed by atoms with Crippen molar-refractivity contribution in [1.82, 2.24) is 10.6 Å². The molecule has 0 aliphatic rings. The first kappa shape index (κ1) is 19.6. The lowest BCUT2D eigenvalue weighted by molar-refractivity contribution is -0.128. The zero-order chi connectivity index (χ0) is 17.6. The Kier molecular flexibility index (Phi) is 7.16. The van der Waals surface area contributed by atoms with Gasteiger partial charge in [-0.3, -0.25) is 9.79 Å². The molecule has 0 bridgehead atoms. The second-order valence-electron chi connectivity index (χ2n) is 5.98. The third-order valence-corrected chi connectivity index (χ3v) is 3.95. The number of guanidine groups is 1. The van der Waals surface area contributed by atoms with Gasteiger partial charge < -0.3 is 16.4 Å². The van der Waals surface area contributed by atoms with Gasteiger partial charge in [0.15, 0.2) is 5.96 Å². The van der Waals surface area contributed by atoms with E-state index in [-0.39, 0.29) is 17.9 Å². The molecule has 0 saturated heterocycles. The molecule has 1 amide bonds. The maximum absolute atomic E-state index is 11.9. The van der Waals surface area contributed by atoms with E-state index in [9.17, 15) is 4.79 Å². The minimum absolute atomic E-state index is 0.0506. The molecule has 0 aliphatic carbocycles. The van der Waals surface area contributed by atoms with E-state index in [2.05, 4.69) is 15.6 Å². The normalized spacial score (nSPS) is 13.6. The standard InChI is InChI=1S/C16H24Cl2N4O/c1-5-20-14(23)16(3,4)9-21-15(19)22-10(2)12-7-6-11(17)8-13(12)18/h6-8,10H,5,9H2,1-4H3,(H,20,23)(H3,19,21,22). The van der Waals surface area contributed by atoms with E-state index in [4.69, 9.17) is 28.9 Å². The average Bonchev–Trinajstić information content (AvgIpc) is 2.45. The summed E-state index contributed by atoms with van der Waals surface area (Å²) in [4.78, 5) is 16.2. The van der Waals surface area contributed by atoms with Gasteiger partial charge in [-0.15, -0.1) is 0 Å². The molecule has 0 radical (unpaired) electrons. The van der Waals surface area contributed by atoms with Gasteiger partial charge in [0, 0.05) is 16.6 Å². The summed E-state index contributed by atoms with van der Waals surface area (Å²) in [6.45, 7) is 8.34. The van der Waals surface area contributed by atoms with Crippen molar-refractivity contribution < 1.29 is 4.79 Å². The highest BCUT2D eigenvalue weighted by Gasteiger charge is 2.26. The molecule has 0 fully saturated rings. The van der Waals surface area contributed by atoms with Crippen LogP contribution in [0.15, 0.2) is 23.2 Å². The molecular weight excluding hydrogens is 335 g/mol. The van der Waals surface area contributed by atoms with Crippen LogP contribution in [-0.4, -0.2) is 25.0 Å². The van der Waals surface area contributed by atoms with Gasteiger partial charge in [-0.25, -0.2) is 0 Å². The van der Waals surface area contributed by atoms with Gasteiger partial charge in [-0.05, 0) is 45.4 Å². The predicted molar refractivity (Wildman–Crippen MR) is 97.0 cm³/mol. The lowest BCUT2D eigenvalue weighted by atomic mass is 9.92. The number of carbonyl (C=O) groups excluding carboxylic acids is 1. The fourth-order valence-corrected chi connectivity index (χ4v) is 2.52. The summed E-state index contributed by atoms with van der Waals surface area (Å²) in [5, 5.41) is 7.00. The average molecular weight is 359 g/mol. The Bertz CT molecular complexity index is 587. The highest BCUT2D eigenvalue weighted by Crippen LogP contribution is 2.26. The molecule has 1 rings (SSSR count). The van der Waals surface area contributed by atoms with Gasteiger partial charge in [0.05, 0.1) is 18.0 Å². The van der Waals surface area contributed by atoms with Crippen molar-refractivity contribution in [1.29, 1.82) is 0 Å². The zero-order valence-electron chi connectivity index (χ0n) is 13.9. The topological polar surface area (TPSA) is 79.5 Å². The van der Waals surface area contributed by atoms with Gasteiger partial charge in [0.2, 0.25) is 5.91 Å². The molecule has 0 aromatic heterocycles. The predicted octanol–water partition coefficient (Wildman–Crippen LogP) is 3.12. The molecule has 0 saturated carbocycles. The van der Waals surface area contributed by atoms with Gasteiger partial charge in [-0.1, -0.05) is 29.3 Å². The van der Waals surface area contributed by atoms with Gasteiger partial charge >= 0.3 is 0 Å². The molecule has 4 N–H and O–H groups in total. The van der Waals surface area contributed by atoms with E-state index < -0.39 is 5.41 Å². The minimum Gasteiger partial charge on any atom is -0.370 e. The number of amides is 1.